The van der Waals surface area contributed by atoms with Gasteiger partial charge in [0.2, 0.25) is 0 Å². The molecule has 3 amide bonds. The standard InChI is InChI=1S/C23H21ClN4O7/c1-13-6-9-16-18(10-13)23(31)26(22(16)30)25(12-14-7-8-15(24)11-20(14)28(34)35)21(29)17-4-2-3-5-19(17)27(32)33/h2-5,7-8,11,13,16,18H,6,9-10,12H2,1H3/t13-,16-,18-/m1/s1. The summed E-state index contributed by atoms with van der Waals surface area (Å²) in [5.41, 5.74) is -1.27. The molecule has 0 radical (unpaired) electrons. The van der Waals surface area contributed by atoms with E-state index in [4.69, 9.17) is 11.6 Å². The average molecular weight is 501 g/mol. The number of para-hydroxylation sites is 1. The second kappa shape index (κ2) is 9.41. The molecule has 11 nitrogen and oxygen atoms in total. The van der Waals surface area contributed by atoms with Crippen LogP contribution in [0, 0.1) is 38.0 Å². The highest BCUT2D eigenvalue weighted by Crippen LogP contribution is 2.42. The second-order valence-corrected chi connectivity index (χ2v) is 9.22. The van der Waals surface area contributed by atoms with Crippen molar-refractivity contribution in [1.82, 2.24) is 10.0 Å². The molecule has 3 atom stereocenters. The molecular formula is C23H21ClN4O7. The molecule has 0 spiro atoms. The van der Waals surface area contributed by atoms with Crippen LogP contribution in [0.5, 0.6) is 0 Å². The maximum Gasteiger partial charge on any atom is 0.282 e. The van der Waals surface area contributed by atoms with Crippen LogP contribution < -0.4 is 0 Å². The summed E-state index contributed by atoms with van der Waals surface area (Å²) in [5, 5.41) is 24.8. The van der Waals surface area contributed by atoms with Crippen LogP contribution in [0.2, 0.25) is 5.02 Å². The van der Waals surface area contributed by atoms with E-state index in [1.54, 1.807) is 0 Å². The van der Waals surface area contributed by atoms with Crippen LogP contribution in [0.1, 0.15) is 42.1 Å². The smallest absolute Gasteiger partial charge is 0.272 e. The Morgan fingerprint density at radius 3 is 2.37 bits per heavy atom. The summed E-state index contributed by atoms with van der Waals surface area (Å²) < 4.78 is 0. The Bertz CT molecular complexity index is 1250. The summed E-state index contributed by atoms with van der Waals surface area (Å²) in [4.78, 5) is 62.1. The lowest BCUT2D eigenvalue weighted by Gasteiger charge is -2.30. The maximum atomic E-state index is 13.7. The molecule has 0 aromatic heterocycles. The number of hydrazine groups is 1. The van der Waals surface area contributed by atoms with Crippen molar-refractivity contribution in [2.45, 2.75) is 32.7 Å². The molecule has 1 heterocycles. The second-order valence-electron chi connectivity index (χ2n) is 8.79. The Hall–Kier alpha value is -3.86. The third kappa shape index (κ3) is 4.46. The van der Waals surface area contributed by atoms with Gasteiger partial charge < -0.3 is 0 Å². The van der Waals surface area contributed by atoms with E-state index in [1.807, 2.05) is 6.92 Å². The third-order valence-corrected chi connectivity index (χ3v) is 6.77. The van der Waals surface area contributed by atoms with E-state index >= 15 is 0 Å². The number of benzene rings is 2. The van der Waals surface area contributed by atoms with Crippen LogP contribution >= 0.6 is 11.6 Å². The molecule has 12 heteroatoms. The fourth-order valence-electron chi connectivity index (χ4n) is 4.80. The number of carbonyl (C=O) groups excluding carboxylic acids is 3. The lowest BCUT2D eigenvalue weighted by molar-refractivity contribution is -0.385. The first kappa shape index (κ1) is 24.3. The molecule has 182 valence electrons. The highest BCUT2D eigenvalue weighted by atomic mass is 35.5. The molecule has 1 aliphatic carbocycles. The number of rotatable bonds is 6. The van der Waals surface area contributed by atoms with Crippen molar-refractivity contribution in [2.75, 3.05) is 0 Å². The number of nitro benzene ring substituents is 2. The van der Waals surface area contributed by atoms with Gasteiger partial charge in [-0.2, -0.15) is 5.01 Å². The molecule has 0 N–H and O–H groups in total. The fourth-order valence-corrected chi connectivity index (χ4v) is 4.96. The topological polar surface area (TPSA) is 144 Å². The van der Waals surface area contributed by atoms with E-state index in [1.165, 1.54) is 30.3 Å². The molecular weight excluding hydrogens is 480 g/mol. The van der Waals surface area contributed by atoms with Crippen molar-refractivity contribution in [3.63, 3.8) is 0 Å². The molecule has 2 fully saturated rings. The first-order valence-corrected chi connectivity index (χ1v) is 11.3. The number of imide groups is 1. The first-order valence-electron chi connectivity index (χ1n) is 11.0. The van der Waals surface area contributed by atoms with Gasteiger partial charge in [-0.3, -0.25) is 34.6 Å². The molecule has 4 rings (SSSR count). The number of hydrogen-bond acceptors (Lipinski definition) is 7. The summed E-state index contributed by atoms with van der Waals surface area (Å²) >= 11 is 5.90. The number of hydrogen-bond donors (Lipinski definition) is 0. The summed E-state index contributed by atoms with van der Waals surface area (Å²) in [6.07, 6.45) is 1.69. The quantitative estimate of drug-likeness (QED) is 0.329. The number of amides is 3. The van der Waals surface area contributed by atoms with Crippen molar-refractivity contribution in [3.05, 3.63) is 78.8 Å². The van der Waals surface area contributed by atoms with E-state index in [0.717, 1.165) is 28.6 Å². The van der Waals surface area contributed by atoms with Gasteiger partial charge >= 0.3 is 0 Å². The number of carbonyl (C=O) groups is 3. The predicted molar refractivity (Wildman–Crippen MR) is 123 cm³/mol. The minimum atomic E-state index is -0.991. The van der Waals surface area contributed by atoms with Crippen molar-refractivity contribution >= 4 is 40.7 Å². The Balaban J connectivity index is 1.82. The summed E-state index contributed by atoms with van der Waals surface area (Å²) in [7, 11) is 0. The molecule has 0 bridgehead atoms. The van der Waals surface area contributed by atoms with Gasteiger partial charge in [0.25, 0.3) is 29.1 Å². The van der Waals surface area contributed by atoms with E-state index in [0.29, 0.717) is 12.8 Å². The molecule has 2 aliphatic rings. The van der Waals surface area contributed by atoms with Crippen LogP contribution in [0.25, 0.3) is 0 Å². The van der Waals surface area contributed by atoms with Gasteiger partial charge in [-0.1, -0.05) is 30.7 Å². The first-order chi connectivity index (χ1) is 16.6. The van der Waals surface area contributed by atoms with Crippen molar-refractivity contribution in [2.24, 2.45) is 17.8 Å². The van der Waals surface area contributed by atoms with Crippen LogP contribution in [-0.2, 0) is 16.1 Å². The van der Waals surface area contributed by atoms with Gasteiger partial charge in [0.05, 0.1) is 33.8 Å². The minimum absolute atomic E-state index is 0.00942. The Morgan fingerprint density at radius 2 is 1.69 bits per heavy atom. The number of halogens is 1. The Morgan fingerprint density at radius 1 is 1.03 bits per heavy atom. The largest absolute Gasteiger partial charge is 0.282 e. The molecule has 1 saturated heterocycles. The van der Waals surface area contributed by atoms with E-state index < -0.39 is 57.3 Å². The zero-order valence-electron chi connectivity index (χ0n) is 18.6. The molecule has 2 aromatic rings. The number of fused-ring (bicyclic) bond motifs is 1. The minimum Gasteiger partial charge on any atom is -0.272 e. The highest BCUT2D eigenvalue weighted by molar-refractivity contribution is 6.30. The lowest BCUT2D eigenvalue weighted by Crippen LogP contribution is -2.50. The molecule has 2 aromatic carbocycles. The van der Waals surface area contributed by atoms with Crippen molar-refractivity contribution < 1.29 is 24.2 Å². The molecule has 35 heavy (non-hydrogen) atoms. The van der Waals surface area contributed by atoms with Gasteiger partial charge in [0.1, 0.15) is 5.56 Å². The lowest BCUT2D eigenvalue weighted by atomic mass is 9.76. The summed E-state index contributed by atoms with van der Waals surface area (Å²) in [6, 6.07) is 8.94. The van der Waals surface area contributed by atoms with E-state index in [-0.39, 0.29) is 22.1 Å². The van der Waals surface area contributed by atoms with E-state index in [9.17, 15) is 34.6 Å². The molecule has 1 aliphatic heterocycles. The van der Waals surface area contributed by atoms with Crippen LogP contribution in [0.4, 0.5) is 11.4 Å². The number of nitro groups is 2. The molecule has 0 unspecified atom stereocenters. The monoisotopic (exact) mass is 500 g/mol. The van der Waals surface area contributed by atoms with Crippen LogP contribution in [-0.4, -0.2) is 37.6 Å². The fraction of sp³-hybridized carbons (Fsp3) is 0.348. The van der Waals surface area contributed by atoms with Gasteiger partial charge in [0, 0.05) is 17.2 Å². The zero-order valence-corrected chi connectivity index (χ0v) is 19.4. The summed E-state index contributed by atoms with van der Waals surface area (Å²) in [6.45, 7) is 1.44. The normalized spacial score (nSPS) is 21.5. The number of nitrogens with zero attached hydrogens (tertiary/aromatic N) is 4. The third-order valence-electron chi connectivity index (χ3n) is 6.54. The SMILES string of the molecule is C[C@@H]1CC[C@H]2C(=O)N(N(Cc3ccc(Cl)cc3[N+](=O)[O-])C(=O)c3ccccc3[N+](=O)[O-])C(=O)[C@@H]2C1. The highest BCUT2D eigenvalue weighted by Gasteiger charge is 2.53. The zero-order chi connectivity index (χ0) is 25.4. The van der Waals surface area contributed by atoms with Crippen molar-refractivity contribution in [3.8, 4) is 0 Å². The molecule has 1 saturated carbocycles. The Kier molecular flexibility index (Phi) is 6.53. The predicted octanol–water partition coefficient (Wildman–Crippen LogP) is 4.14. The van der Waals surface area contributed by atoms with Crippen molar-refractivity contribution in [1.29, 1.82) is 0 Å². The Labute approximate surface area is 204 Å². The summed E-state index contributed by atoms with van der Waals surface area (Å²) in [5.74, 6) is -3.18. The average Bonchev–Trinajstić information content (AvgIpc) is 3.06. The maximum absolute atomic E-state index is 13.7. The van der Waals surface area contributed by atoms with E-state index in [2.05, 4.69) is 0 Å². The van der Waals surface area contributed by atoms with Gasteiger partial charge in [-0.05, 0) is 43.4 Å². The van der Waals surface area contributed by atoms with Crippen LogP contribution in [0.3, 0.4) is 0 Å². The van der Waals surface area contributed by atoms with Gasteiger partial charge in [-0.15, -0.1) is 0 Å². The van der Waals surface area contributed by atoms with Gasteiger partial charge in [0.15, 0.2) is 0 Å². The van der Waals surface area contributed by atoms with Gasteiger partial charge in [-0.25, -0.2) is 5.01 Å². The van der Waals surface area contributed by atoms with Crippen LogP contribution in [0.15, 0.2) is 42.5 Å².